The smallest absolute Gasteiger partial charge is 0.327 e. The Labute approximate surface area is 165 Å². The monoisotopic (exact) mass is 420 g/mol. The first kappa shape index (κ1) is 23.7. The summed E-state index contributed by atoms with van der Waals surface area (Å²) in [6.45, 7) is -0.618. The van der Waals surface area contributed by atoms with Gasteiger partial charge >= 0.3 is 11.9 Å². The third-order valence-corrected chi connectivity index (χ3v) is 4.53. The number of carbonyl (C=O) groups excluding carboxylic acids is 3. The van der Waals surface area contributed by atoms with Crippen LogP contribution in [-0.4, -0.2) is 93.0 Å². The summed E-state index contributed by atoms with van der Waals surface area (Å²) in [5.41, 5.74) is 5.42. The number of nitrogens with one attached hydrogen (secondary N) is 2. The molecule has 7 N–H and O–H groups in total. The molecule has 1 saturated heterocycles. The fraction of sp³-hybridized carbons (Fsp3) is 0.667. The lowest BCUT2D eigenvalue weighted by Gasteiger charge is -2.29. The normalized spacial score (nSPS) is 19.4. The second-order valence-electron chi connectivity index (χ2n) is 6.22. The number of carbonyl (C=O) groups is 5. The Morgan fingerprint density at radius 2 is 1.79 bits per heavy atom. The van der Waals surface area contributed by atoms with Crippen LogP contribution < -0.4 is 16.4 Å². The van der Waals surface area contributed by atoms with Crippen molar-refractivity contribution in [2.75, 3.05) is 18.9 Å². The van der Waals surface area contributed by atoms with Crippen LogP contribution in [0.4, 0.5) is 0 Å². The van der Waals surface area contributed by atoms with Gasteiger partial charge in [0.1, 0.15) is 18.1 Å². The summed E-state index contributed by atoms with van der Waals surface area (Å²) in [6, 6.07) is -5.02. The zero-order valence-electron chi connectivity index (χ0n) is 14.9. The molecule has 3 amide bonds. The minimum atomic E-state index is -1.42. The van der Waals surface area contributed by atoms with Gasteiger partial charge in [0.2, 0.25) is 17.7 Å². The van der Waals surface area contributed by atoms with Gasteiger partial charge in [-0.3, -0.25) is 19.2 Å². The van der Waals surface area contributed by atoms with E-state index in [4.69, 9.17) is 15.9 Å². The maximum atomic E-state index is 12.6. The average Bonchev–Trinajstić information content (AvgIpc) is 3.12. The Hall–Kier alpha value is -2.38. The zero-order chi connectivity index (χ0) is 21.4. The van der Waals surface area contributed by atoms with Gasteiger partial charge in [-0.2, -0.15) is 12.6 Å². The molecule has 0 radical (unpaired) electrons. The average molecular weight is 420 g/mol. The second kappa shape index (κ2) is 10.8. The van der Waals surface area contributed by atoms with Crippen molar-refractivity contribution in [1.82, 2.24) is 15.5 Å². The number of hydrogen-bond acceptors (Lipinski definition) is 8. The third-order valence-electron chi connectivity index (χ3n) is 4.16. The summed E-state index contributed by atoms with van der Waals surface area (Å²) in [6.07, 6.45) is 0.0847. The van der Waals surface area contributed by atoms with Crippen LogP contribution in [0.3, 0.4) is 0 Å². The Bertz CT molecular complexity index is 631. The number of carboxylic acid groups (broad SMARTS) is 2. The predicted molar refractivity (Wildman–Crippen MR) is 97.4 cm³/mol. The quantitative estimate of drug-likeness (QED) is 0.177. The van der Waals surface area contributed by atoms with E-state index in [-0.39, 0.29) is 18.7 Å². The molecule has 1 fully saturated rings. The highest BCUT2D eigenvalue weighted by atomic mass is 32.1. The van der Waals surface area contributed by atoms with Gasteiger partial charge in [-0.15, -0.1) is 0 Å². The van der Waals surface area contributed by atoms with Crippen molar-refractivity contribution in [1.29, 1.82) is 0 Å². The molecule has 0 unspecified atom stereocenters. The number of thiol groups is 1. The highest BCUT2D eigenvalue weighted by molar-refractivity contribution is 7.80. The Kier molecular flexibility index (Phi) is 9.15. The molecule has 1 aliphatic heterocycles. The minimum Gasteiger partial charge on any atom is -0.481 e. The van der Waals surface area contributed by atoms with Gasteiger partial charge in [-0.25, -0.2) is 4.79 Å². The van der Waals surface area contributed by atoms with E-state index in [1.165, 1.54) is 0 Å². The van der Waals surface area contributed by atoms with E-state index in [1.54, 1.807) is 0 Å². The number of nitrogens with two attached hydrogens (primary N) is 1. The molecule has 28 heavy (non-hydrogen) atoms. The fourth-order valence-corrected chi connectivity index (χ4v) is 2.95. The fourth-order valence-electron chi connectivity index (χ4n) is 2.70. The molecule has 158 valence electrons. The van der Waals surface area contributed by atoms with Gasteiger partial charge in [0.25, 0.3) is 0 Å². The maximum Gasteiger partial charge on any atom is 0.327 e. The van der Waals surface area contributed by atoms with E-state index in [9.17, 15) is 29.1 Å². The molecular weight excluding hydrogens is 396 g/mol. The maximum absolute atomic E-state index is 12.6. The van der Waals surface area contributed by atoms with Crippen LogP contribution in [-0.2, 0) is 24.0 Å². The lowest BCUT2D eigenvalue weighted by molar-refractivity contribution is -0.145. The van der Waals surface area contributed by atoms with Crippen LogP contribution in [0.1, 0.15) is 19.3 Å². The second-order valence-corrected chi connectivity index (χ2v) is 6.58. The van der Waals surface area contributed by atoms with Crippen LogP contribution in [0.5, 0.6) is 0 Å². The van der Waals surface area contributed by atoms with Crippen LogP contribution in [0, 0.1) is 0 Å². The first-order valence-corrected chi connectivity index (χ1v) is 9.08. The van der Waals surface area contributed by atoms with Crippen molar-refractivity contribution >= 4 is 42.3 Å². The number of aliphatic hydroxyl groups excluding tert-OH is 1. The van der Waals surface area contributed by atoms with Crippen molar-refractivity contribution < 1.29 is 39.3 Å². The van der Waals surface area contributed by atoms with Crippen LogP contribution in [0.15, 0.2) is 0 Å². The minimum absolute atomic E-state index is 0.140. The van der Waals surface area contributed by atoms with Gasteiger partial charge in [0.15, 0.2) is 0 Å². The van der Waals surface area contributed by atoms with Crippen LogP contribution >= 0.6 is 12.6 Å². The first-order chi connectivity index (χ1) is 13.1. The number of carboxylic acids is 2. The number of amides is 3. The van der Waals surface area contributed by atoms with Gasteiger partial charge in [-0.05, 0) is 12.8 Å². The largest absolute Gasteiger partial charge is 0.481 e. The van der Waals surface area contributed by atoms with Crippen molar-refractivity contribution in [2.24, 2.45) is 5.73 Å². The Balaban J connectivity index is 2.80. The summed E-state index contributed by atoms with van der Waals surface area (Å²) in [4.78, 5) is 59.7. The van der Waals surface area contributed by atoms with Crippen LogP contribution in [0.2, 0.25) is 0 Å². The zero-order valence-corrected chi connectivity index (χ0v) is 15.8. The topological polar surface area (TPSA) is 199 Å². The number of aliphatic carboxylic acids is 2. The van der Waals surface area contributed by atoms with Crippen LogP contribution in [0.25, 0.3) is 0 Å². The predicted octanol–water partition coefficient (Wildman–Crippen LogP) is -3.24. The summed E-state index contributed by atoms with van der Waals surface area (Å²) in [5.74, 6) is -5.09. The molecule has 0 aliphatic carbocycles. The SMILES string of the molecule is N[C@@H](CC(=O)O)C(=O)N[C@@H](CO)C(=O)N1CCC[C@H]1C(=O)N[C@@H](CS)C(=O)O. The Morgan fingerprint density at radius 3 is 2.29 bits per heavy atom. The van der Waals surface area contributed by atoms with Crippen molar-refractivity contribution in [3.63, 3.8) is 0 Å². The molecule has 0 bridgehead atoms. The molecule has 4 atom stereocenters. The molecule has 0 aromatic rings. The number of rotatable bonds is 10. The van der Waals surface area contributed by atoms with Crippen molar-refractivity contribution in [3.05, 3.63) is 0 Å². The summed E-state index contributed by atoms with van der Waals surface area (Å²) in [5, 5.41) is 31.6. The molecule has 0 saturated carbocycles. The summed E-state index contributed by atoms with van der Waals surface area (Å²) >= 11 is 3.85. The lowest BCUT2D eigenvalue weighted by atomic mass is 10.1. The van der Waals surface area contributed by atoms with Crippen molar-refractivity contribution in [3.8, 4) is 0 Å². The van der Waals surface area contributed by atoms with E-state index < -0.39 is 66.9 Å². The highest BCUT2D eigenvalue weighted by Crippen LogP contribution is 2.19. The van der Waals surface area contributed by atoms with Gasteiger partial charge in [-0.1, -0.05) is 0 Å². The molecule has 1 aliphatic rings. The molecule has 0 aromatic carbocycles. The number of likely N-dealkylation sites (tertiary alicyclic amines) is 1. The van der Waals surface area contributed by atoms with E-state index in [0.717, 1.165) is 4.90 Å². The van der Waals surface area contributed by atoms with E-state index in [0.29, 0.717) is 6.42 Å². The first-order valence-electron chi connectivity index (χ1n) is 8.45. The summed E-state index contributed by atoms with van der Waals surface area (Å²) < 4.78 is 0. The molecular formula is C15H24N4O8S. The Morgan fingerprint density at radius 1 is 1.14 bits per heavy atom. The molecule has 0 spiro atoms. The molecule has 0 aromatic heterocycles. The van der Waals surface area contributed by atoms with Gasteiger partial charge < -0.3 is 36.6 Å². The van der Waals surface area contributed by atoms with Gasteiger partial charge in [0.05, 0.1) is 19.1 Å². The molecule has 1 heterocycles. The van der Waals surface area contributed by atoms with Crippen molar-refractivity contribution in [2.45, 2.75) is 43.4 Å². The van der Waals surface area contributed by atoms with E-state index in [1.807, 2.05) is 0 Å². The van der Waals surface area contributed by atoms with E-state index in [2.05, 4.69) is 23.3 Å². The lowest BCUT2D eigenvalue weighted by Crippen LogP contribution is -2.58. The number of aliphatic hydroxyl groups is 1. The standard InChI is InChI=1S/C15H24N4O8S/c16-7(4-11(21)22)12(23)17-8(5-20)14(25)19-3-1-2-10(19)13(24)18-9(6-28)15(26)27/h7-10,20,28H,1-6,16H2,(H,17,23)(H,18,24)(H,21,22)(H,26,27)/t7-,8-,9-,10-/m0/s1. The molecule has 12 nitrogen and oxygen atoms in total. The van der Waals surface area contributed by atoms with E-state index >= 15 is 0 Å². The number of hydrogen-bond donors (Lipinski definition) is 7. The van der Waals surface area contributed by atoms with Gasteiger partial charge in [0, 0.05) is 12.3 Å². The highest BCUT2D eigenvalue weighted by Gasteiger charge is 2.38. The third kappa shape index (κ3) is 6.35. The molecule has 13 heteroatoms. The molecule has 1 rings (SSSR count). The number of nitrogens with zero attached hydrogens (tertiary/aromatic N) is 1. The summed E-state index contributed by atoms with van der Waals surface area (Å²) in [7, 11) is 0.